The number of hydrogen-bond acceptors (Lipinski definition) is 7. The van der Waals surface area contributed by atoms with E-state index in [1.807, 2.05) is 13.8 Å². The fraction of sp³-hybridized carbons (Fsp3) is 0.364. The van der Waals surface area contributed by atoms with E-state index in [1.165, 1.54) is 0 Å². The summed E-state index contributed by atoms with van der Waals surface area (Å²) in [5, 5.41) is 24.1. The van der Waals surface area contributed by atoms with Crippen molar-refractivity contribution in [1.29, 1.82) is 0 Å². The Morgan fingerprint density at radius 2 is 1.83 bits per heavy atom. The predicted octanol–water partition coefficient (Wildman–Crippen LogP) is 0.446. The molecule has 0 aliphatic carbocycles. The van der Waals surface area contributed by atoms with Crippen molar-refractivity contribution >= 4 is 0 Å². The van der Waals surface area contributed by atoms with Gasteiger partial charge in [0, 0.05) is 17.3 Å². The molecule has 2 rings (SSSR count). The third-order valence-corrected chi connectivity index (χ3v) is 2.52. The van der Waals surface area contributed by atoms with Gasteiger partial charge in [0.25, 0.3) is 0 Å². The molecule has 0 bridgehead atoms. The maximum atomic E-state index is 8.83. The Kier molecular flexibility index (Phi) is 3.42. The van der Waals surface area contributed by atoms with Crippen molar-refractivity contribution in [3.63, 3.8) is 0 Å². The molecule has 0 amide bonds. The number of rotatable bonds is 3. The quantitative estimate of drug-likeness (QED) is 0.841. The van der Waals surface area contributed by atoms with Gasteiger partial charge in [0.1, 0.15) is 18.1 Å². The van der Waals surface area contributed by atoms with Crippen LogP contribution in [0.25, 0.3) is 11.5 Å². The van der Waals surface area contributed by atoms with E-state index in [1.54, 1.807) is 13.3 Å². The van der Waals surface area contributed by atoms with E-state index < -0.39 is 0 Å². The Morgan fingerprint density at radius 3 is 2.39 bits per heavy atom. The van der Waals surface area contributed by atoms with Crippen LogP contribution in [0.15, 0.2) is 6.20 Å². The highest BCUT2D eigenvalue weighted by Crippen LogP contribution is 2.28. The Morgan fingerprint density at radius 1 is 1.17 bits per heavy atom. The molecule has 7 nitrogen and oxygen atoms in total. The Balaban J connectivity index is 2.50. The van der Waals surface area contributed by atoms with Crippen molar-refractivity contribution in [2.24, 2.45) is 0 Å². The van der Waals surface area contributed by atoms with E-state index in [-0.39, 0.29) is 12.4 Å². The van der Waals surface area contributed by atoms with Gasteiger partial charge < -0.3 is 9.84 Å². The molecule has 0 atom stereocenters. The molecule has 7 heteroatoms. The average molecular weight is 247 g/mol. The number of hydrogen-bond donors (Lipinski definition) is 1. The van der Waals surface area contributed by atoms with Gasteiger partial charge in [0.05, 0.1) is 7.11 Å². The van der Waals surface area contributed by atoms with Crippen molar-refractivity contribution in [2.45, 2.75) is 20.5 Å². The van der Waals surface area contributed by atoms with Gasteiger partial charge in [-0.2, -0.15) is 0 Å². The first-order valence-electron chi connectivity index (χ1n) is 5.35. The lowest BCUT2D eigenvalue weighted by Gasteiger charge is -2.10. The van der Waals surface area contributed by atoms with Gasteiger partial charge in [0.15, 0.2) is 5.82 Å². The van der Waals surface area contributed by atoms with E-state index in [0.717, 1.165) is 16.9 Å². The van der Waals surface area contributed by atoms with Crippen molar-refractivity contribution in [3.8, 4) is 17.3 Å². The van der Waals surface area contributed by atoms with E-state index in [0.29, 0.717) is 11.5 Å². The third kappa shape index (κ3) is 2.12. The topological polar surface area (TPSA) is 93.9 Å². The highest BCUT2D eigenvalue weighted by Gasteiger charge is 2.14. The molecule has 2 aromatic rings. The van der Waals surface area contributed by atoms with Crippen LogP contribution in [0.2, 0.25) is 0 Å². The molecule has 94 valence electrons. The molecule has 0 saturated heterocycles. The number of methoxy groups -OCH3 is 1. The zero-order valence-corrected chi connectivity index (χ0v) is 10.4. The fourth-order valence-corrected chi connectivity index (χ4v) is 1.67. The van der Waals surface area contributed by atoms with Gasteiger partial charge in [-0.1, -0.05) is 0 Å². The summed E-state index contributed by atoms with van der Waals surface area (Å²) in [6.45, 7) is 3.50. The van der Waals surface area contributed by atoms with Crippen molar-refractivity contribution in [1.82, 2.24) is 25.4 Å². The number of aromatic nitrogens is 5. The van der Waals surface area contributed by atoms with Gasteiger partial charge in [-0.25, -0.2) is 0 Å². The van der Waals surface area contributed by atoms with Gasteiger partial charge in [0.2, 0.25) is 5.82 Å². The van der Waals surface area contributed by atoms with Crippen LogP contribution in [0.4, 0.5) is 0 Å². The minimum absolute atomic E-state index is 0.176. The molecule has 2 aromatic heterocycles. The lowest BCUT2D eigenvalue weighted by atomic mass is 10.1. The normalized spacial score (nSPS) is 10.4. The van der Waals surface area contributed by atoms with Crippen LogP contribution >= 0.6 is 0 Å². The van der Waals surface area contributed by atoms with Crippen LogP contribution in [-0.2, 0) is 6.61 Å². The van der Waals surface area contributed by atoms with Crippen LogP contribution in [0.5, 0.6) is 5.75 Å². The molecule has 0 aromatic carbocycles. The van der Waals surface area contributed by atoms with Crippen LogP contribution in [0.1, 0.15) is 17.0 Å². The molecule has 0 radical (unpaired) electrons. The zero-order chi connectivity index (χ0) is 13.1. The molecule has 1 N–H and O–H groups in total. The highest BCUT2D eigenvalue weighted by molar-refractivity contribution is 5.59. The number of ether oxygens (including phenoxy) is 1. The van der Waals surface area contributed by atoms with Crippen LogP contribution in [-0.4, -0.2) is 37.6 Å². The summed E-state index contributed by atoms with van der Waals surface area (Å²) < 4.78 is 5.31. The van der Waals surface area contributed by atoms with Crippen molar-refractivity contribution in [2.75, 3.05) is 7.11 Å². The summed E-state index contributed by atoms with van der Waals surface area (Å²) in [5.41, 5.74) is 2.34. The second-order valence-electron chi connectivity index (χ2n) is 3.75. The molecule has 0 aliphatic heterocycles. The summed E-state index contributed by atoms with van der Waals surface area (Å²) >= 11 is 0. The summed E-state index contributed by atoms with van der Waals surface area (Å²) in [5.74, 6) is 1.23. The molecular formula is C11H13N5O2. The number of aliphatic hydroxyl groups excluding tert-OH is 1. The van der Waals surface area contributed by atoms with Crippen molar-refractivity contribution in [3.05, 3.63) is 23.1 Å². The zero-order valence-electron chi connectivity index (χ0n) is 10.4. The van der Waals surface area contributed by atoms with Crippen LogP contribution in [0, 0.1) is 13.8 Å². The lowest BCUT2D eigenvalue weighted by Crippen LogP contribution is -2.05. The Labute approximate surface area is 104 Å². The molecule has 2 heterocycles. The second-order valence-corrected chi connectivity index (χ2v) is 3.75. The first kappa shape index (κ1) is 12.3. The summed E-state index contributed by atoms with van der Waals surface area (Å²) in [7, 11) is 1.60. The molecule has 18 heavy (non-hydrogen) atoms. The largest absolute Gasteiger partial charge is 0.496 e. The van der Waals surface area contributed by atoms with E-state index >= 15 is 0 Å². The van der Waals surface area contributed by atoms with Crippen LogP contribution in [0.3, 0.4) is 0 Å². The predicted molar refractivity (Wildman–Crippen MR) is 62.8 cm³/mol. The highest BCUT2D eigenvalue weighted by atomic mass is 16.5. The monoisotopic (exact) mass is 247 g/mol. The number of pyridine rings is 1. The minimum Gasteiger partial charge on any atom is -0.496 e. The molecule has 0 fully saturated rings. The van der Waals surface area contributed by atoms with Gasteiger partial charge in [-0.3, -0.25) is 4.98 Å². The minimum atomic E-state index is -0.288. The molecule has 0 unspecified atom stereocenters. The van der Waals surface area contributed by atoms with E-state index in [4.69, 9.17) is 9.84 Å². The molecule has 0 spiro atoms. The summed E-state index contributed by atoms with van der Waals surface area (Å²) in [6.07, 6.45) is 1.69. The van der Waals surface area contributed by atoms with Crippen molar-refractivity contribution < 1.29 is 9.84 Å². The molecule has 0 aliphatic rings. The maximum Gasteiger partial charge on any atom is 0.222 e. The standard InChI is InChI=1S/C11H13N5O2/c1-6-4-12-9(7(2)10(6)18-3)11-15-13-8(5-17)14-16-11/h4,17H,5H2,1-3H3. The first-order chi connectivity index (χ1) is 8.67. The number of aryl methyl sites for hydroxylation is 1. The average Bonchev–Trinajstić information content (AvgIpc) is 2.40. The van der Waals surface area contributed by atoms with Gasteiger partial charge in [-0.15, -0.1) is 20.4 Å². The SMILES string of the molecule is COc1c(C)cnc(-c2nnc(CO)nn2)c1C. The van der Waals surface area contributed by atoms with Crippen LogP contribution < -0.4 is 4.74 Å². The Bertz CT molecular complexity index is 556. The number of nitrogens with zero attached hydrogens (tertiary/aromatic N) is 5. The Hall–Kier alpha value is -2.15. The molecule has 0 saturated carbocycles. The van der Waals surface area contributed by atoms with E-state index in [9.17, 15) is 0 Å². The maximum absolute atomic E-state index is 8.83. The second kappa shape index (κ2) is 5.01. The number of aliphatic hydroxyl groups is 1. The smallest absolute Gasteiger partial charge is 0.222 e. The van der Waals surface area contributed by atoms with Gasteiger partial charge >= 0.3 is 0 Å². The summed E-state index contributed by atoms with van der Waals surface area (Å²) in [6, 6.07) is 0. The molecular weight excluding hydrogens is 234 g/mol. The van der Waals surface area contributed by atoms with Gasteiger partial charge in [-0.05, 0) is 13.8 Å². The fourth-order valence-electron chi connectivity index (χ4n) is 1.67. The first-order valence-corrected chi connectivity index (χ1v) is 5.35. The summed E-state index contributed by atoms with van der Waals surface area (Å²) in [4.78, 5) is 4.26. The lowest BCUT2D eigenvalue weighted by molar-refractivity contribution is 0.267. The third-order valence-electron chi connectivity index (χ3n) is 2.52. The van der Waals surface area contributed by atoms with E-state index in [2.05, 4.69) is 25.4 Å².